The minimum absolute atomic E-state index is 0.406. The topological polar surface area (TPSA) is 35.5 Å². The summed E-state index contributed by atoms with van der Waals surface area (Å²) >= 11 is 0. The molecular weight excluding hydrogens is 139 g/mol. The van der Waals surface area contributed by atoms with Crippen LogP contribution in [0.25, 0.3) is 0 Å². The Morgan fingerprint density at radius 2 is 2.44 bits per heavy atom. The van der Waals surface area contributed by atoms with E-state index in [2.05, 4.69) is 4.52 Å². The van der Waals surface area contributed by atoms with E-state index in [-0.39, 0.29) is 0 Å². The van der Waals surface area contributed by atoms with Crippen molar-refractivity contribution in [2.75, 3.05) is 19.9 Å². The van der Waals surface area contributed by atoms with Crippen LogP contribution in [-0.2, 0) is 13.6 Å². The molecule has 0 saturated heterocycles. The van der Waals surface area contributed by atoms with E-state index >= 15 is 0 Å². The molecule has 1 aliphatic rings. The molecule has 0 aliphatic carbocycles. The minimum Gasteiger partial charge on any atom is -0.312 e. The van der Waals surface area contributed by atoms with Crippen molar-refractivity contribution < 1.29 is 13.6 Å². The van der Waals surface area contributed by atoms with Crippen LogP contribution in [-0.4, -0.2) is 19.9 Å². The minimum atomic E-state index is -2.68. The quantitative estimate of drug-likeness (QED) is 0.416. The predicted octanol–water partition coefficient (Wildman–Crippen LogP) is 1.41. The van der Waals surface area contributed by atoms with E-state index < -0.39 is 7.60 Å². The third-order valence-electron chi connectivity index (χ3n) is 1.14. The summed E-state index contributed by atoms with van der Waals surface area (Å²) in [4.78, 5) is 0. The molecule has 0 aromatic rings. The van der Waals surface area contributed by atoms with Crippen LogP contribution in [0.3, 0.4) is 0 Å². The van der Waals surface area contributed by atoms with Crippen molar-refractivity contribution in [2.45, 2.75) is 0 Å². The molecule has 1 atom stereocenters. The summed E-state index contributed by atoms with van der Waals surface area (Å²) in [5.41, 5.74) is 0. The van der Waals surface area contributed by atoms with Gasteiger partial charge in [-0.2, -0.15) is 0 Å². The fraction of sp³-hybridized carbons (Fsp3) is 0.600. The summed E-state index contributed by atoms with van der Waals surface area (Å²) in [6.45, 7) is 0.408. The Balaban J connectivity index is 2.61. The van der Waals surface area contributed by atoms with E-state index in [1.165, 1.54) is 7.11 Å². The van der Waals surface area contributed by atoms with Crippen molar-refractivity contribution in [3.05, 3.63) is 12.2 Å². The van der Waals surface area contributed by atoms with Crippen LogP contribution in [0, 0.1) is 0 Å². The van der Waals surface area contributed by atoms with Crippen LogP contribution in [0.5, 0.6) is 0 Å². The summed E-state index contributed by atoms with van der Waals surface area (Å²) in [7, 11) is -1.28. The molecule has 3 nitrogen and oxygen atoms in total. The molecule has 1 rings (SSSR count). The molecule has 0 spiro atoms. The van der Waals surface area contributed by atoms with Gasteiger partial charge in [-0.15, -0.1) is 0 Å². The highest BCUT2D eigenvalue weighted by Crippen LogP contribution is 2.48. The van der Waals surface area contributed by atoms with Gasteiger partial charge in [0.15, 0.2) is 0 Å². The van der Waals surface area contributed by atoms with Gasteiger partial charge in [0, 0.05) is 7.11 Å². The molecule has 1 aliphatic heterocycles. The predicted molar refractivity (Wildman–Crippen MR) is 34.6 cm³/mol. The molecule has 0 saturated carbocycles. The van der Waals surface area contributed by atoms with E-state index in [4.69, 9.17) is 4.52 Å². The number of rotatable bonds is 1. The largest absolute Gasteiger partial charge is 0.334 e. The summed E-state index contributed by atoms with van der Waals surface area (Å²) in [6, 6.07) is 0. The first-order valence-corrected chi connectivity index (χ1v) is 4.44. The van der Waals surface area contributed by atoms with Crippen LogP contribution in [0.1, 0.15) is 0 Å². The first-order valence-electron chi connectivity index (χ1n) is 2.71. The number of allylic oxidation sites excluding steroid dienone is 1. The fourth-order valence-electron chi connectivity index (χ4n) is 0.608. The molecule has 0 radical (unpaired) electrons. The molecule has 0 aromatic heterocycles. The molecule has 0 fully saturated rings. The summed E-state index contributed by atoms with van der Waals surface area (Å²) in [5, 5.41) is 0. The molecule has 9 heavy (non-hydrogen) atoms. The van der Waals surface area contributed by atoms with E-state index in [0.29, 0.717) is 12.8 Å². The third kappa shape index (κ3) is 1.65. The lowest BCUT2D eigenvalue weighted by Gasteiger charge is -2.15. The zero-order valence-electron chi connectivity index (χ0n) is 5.24. The summed E-state index contributed by atoms with van der Waals surface area (Å²) < 4.78 is 20.6. The lowest BCUT2D eigenvalue weighted by molar-refractivity contribution is 0.253. The van der Waals surface area contributed by atoms with Crippen molar-refractivity contribution in [1.82, 2.24) is 0 Å². The normalized spacial score (nSPS) is 34.8. The average Bonchev–Trinajstić information content (AvgIpc) is 1.90. The highest BCUT2D eigenvalue weighted by atomic mass is 31.2. The van der Waals surface area contributed by atoms with Crippen molar-refractivity contribution in [3.8, 4) is 0 Å². The second-order valence-corrected chi connectivity index (χ2v) is 3.95. The molecule has 1 unspecified atom stereocenters. The Hall–Kier alpha value is -0.110. The monoisotopic (exact) mass is 148 g/mol. The first-order chi connectivity index (χ1) is 4.27. The van der Waals surface area contributed by atoms with Gasteiger partial charge >= 0.3 is 7.60 Å². The second kappa shape index (κ2) is 2.65. The van der Waals surface area contributed by atoms with Gasteiger partial charge in [0.1, 0.15) is 0 Å². The van der Waals surface area contributed by atoms with Crippen LogP contribution >= 0.6 is 7.60 Å². The zero-order chi connectivity index (χ0) is 6.74. The maximum atomic E-state index is 11.1. The lowest BCUT2D eigenvalue weighted by Crippen LogP contribution is -2.00. The third-order valence-corrected chi connectivity index (χ3v) is 2.90. The average molecular weight is 148 g/mol. The van der Waals surface area contributed by atoms with E-state index in [9.17, 15) is 4.57 Å². The molecule has 0 aromatic carbocycles. The lowest BCUT2D eigenvalue weighted by atomic mass is 10.6. The first kappa shape index (κ1) is 7.00. The van der Waals surface area contributed by atoms with Crippen molar-refractivity contribution in [2.24, 2.45) is 0 Å². The van der Waals surface area contributed by atoms with Gasteiger partial charge in [-0.05, 0) is 0 Å². The van der Waals surface area contributed by atoms with Crippen molar-refractivity contribution >= 4 is 7.60 Å². The van der Waals surface area contributed by atoms with E-state index in [0.717, 1.165) is 0 Å². The maximum absolute atomic E-state index is 11.1. The highest BCUT2D eigenvalue weighted by molar-refractivity contribution is 7.54. The molecule has 1 heterocycles. The van der Waals surface area contributed by atoms with Crippen molar-refractivity contribution in [3.63, 3.8) is 0 Å². The van der Waals surface area contributed by atoms with Crippen LogP contribution in [0.2, 0.25) is 0 Å². The molecule has 0 amide bonds. The SMILES string of the molecule is COP1(=O)CC=CCO1. The Kier molecular flexibility index (Phi) is 2.06. The van der Waals surface area contributed by atoms with Gasteiger partial charge in [0.25, 0.3) is 0 Å². The fourth-order valence-corrected chi connectivity index (χ4v) is 1.69. The molecule has 52 valence electrons. The van der Waals surface area contributed by atoms with Gasteiger partial charge < -0.3 is 9.05 Å². The van der Waals surface area contributed by atoms with Crippen molar-refractivity contribution in [1.29, 1.82) is 0 Å². The van der Waals surface area contributed by atoms with Gasteiger partial charge in [0.2, 0.25) is 0 Å². The number of hydrogen-bond donors (Lipinski definition) is 0. The second-order valence-electron chi connectivity index (χ2n) is 1.74. The molecule has 0 bridgehead atoms. The van der Waals surface area contributed by atoms with Gasteiger partial charge in [0.05, 0.1) is 12.8 Å². The smallest absolute Gasteiger partial charge is 0.312 e. The van der Waals surface area contributed by atoms with E-state index in [1.807, 2.05) is 12.2 Å². The van der Waals surface area contributed by atoms with Crippen LogP contribution in [0.15, 0.2) is 12.2 Å². The van der Waals surface area contributed by atoms with Crippen LogP contribution < -0.4 is 0 Å². The van der Waals surface area contributed by atoms with Gasteiger partial charge in [-0.3, -0.25) is 4.57 Å². The zero-order valence-corrected chi connectivity index (χ0v) is 6.14. The van der Waals surface area contributed by atoms with Gasteiger partial charge in [-0.1, -0.05) is 12.2 Å². The molecule has 0 N–H and O–H groups in total. The summed E-state index contributed by atoms with van der Waals surface area (Å²) in [5.74, 6) is 0. The Morgan fingerprint density at radius 1 is 1.67 bits per heavy atom. The molecular formula is C5H9O3P. The Bertz CT molecular complexity index is 164. The number of hydrogen-bond acceptors (Lipinski definition) is 3. The standard InChI is InChI=1S/C5H9O3P/c1-7-9(6)5-3-2-4-8-9/h2-3H,4-5H2,1H3. The van der Waals surface area contributed by atoms with E-state index in [1.54, 1.807) is 0 Å². The Morgan fingerprint density at radius 3 is 2.78 bits per heavy atom. The highest BCUT2D eigenvalue weighted by Gasteiger charge is 2.22. The van der Waals surface area contributed by atoms with Gasteiger partial charge in [-0.25, -0.2) is 0 Å². The summed E-state index contributed by atoms with van der Waals surface area (Å²) in [6.07, 6.45) is 4.05. The maximum Gasteiger partial charge on any atom is 0.334 e. The Labute approximate surface area is 54.2 Å². The molecule has 4 heteroatoms. The van der Waals surface area contributed by atoms with Crippen LogP contribution in [0.4, 0.5) is 0 Å².